The minimum Gasteiger partial charge on any atom is -0.338 e. The quantitative estimate of drug-likeness (QED) is 0.600. The molecule has 0 aliphatic heterocycles. The van der Waals surface area contributed by atoms with E-state index in [-0.39, 0.29) is 0 Å². The number of aryl methyl sites for hydroxylation is 2. The second-order valence-electron chi connectivity index (χ2n) is 5.54. The number of rotatable bonds is 2. The molecular formula is C18H16N4. The average molecular weight is 288 g/mol. The summed E-state index contributed by atoms with van der Waals surface area (Å²) >= 11 is 0. The summed E-state index contributed by atoms with van der Waals surface area (Å²) in [5.74, 6) is 0.822. The van der Waals surface area contributed by atoms with Crippen molar-refractivity contribution in [2.24, 2.45) is 0 Å². The fourth-order valence-electron chi connectivity index (χ4n) is 2.78. The number of aromatic nitrogens is 3. The second-order valence-corrected chi connectivity index (χ2v) is 5.54. The van der Waals surface area contributed by atoms with Crippen LogP contribution in [0.1, 0.15) is 11.1 Å². The molecule has 0 saturated heterocycles. The van der Waals surface area contributed by atoms with E-state index in [2.05, 4.69) is 52.8 Å². The van der Waals surface area contributed by atoms with E-state index in [0.29, 0.717) is 0 Å². The largest absolute Gasteiger partial charge is 0.338 e. The molecule has 4 rings (SSSR count). The number of nitrogens with zero attached hydrogens (tertiary/aromatic N) is 3. The molecule has 4 nitrogen and oxygen atoms in total. The highest BCUT2D eigenvalue weighted by Gasteiger charge is 2.09. The molecule has 2 aromatic heterocycles. The molecule has 2 aromatic carbocycles. The third kappa shape index (κ3) is 2.00. The summed E-state index contributed by atoms with van der Waals surface area (Å²) in [6, 6.07) is 14.4. The molecule has 0 radical (unpaired) electrons. The molecule has 108 valence electrons. The molecular weight excluding hydrogens is 272 g/mol. The van der Waals surface area contributed by atoms with Crippen LogP contribution in [0.4, 0.5) is 11.5 Å². The van der Waals surface area contributed by atoms with Crippen LogP contribution in [0.5, 0.6) is 0 Å². The van der Waals surface area contributed by atoms with Crippen LogP contribution in [-0.2, 0) is 0 Å². The minimum absolute atomic E-state index is 0.822. The lowest BCUT2D eigenvalue weighted by Crippen LogP contribution is -2.00. The smallest absolute Gasteiger partial charge is 0.157 e. The Balaban J connectivity index is 1.91. The van der Waals surface area contributed by atoms with Gasteiger partial charge in [0.15, 0.2) is 5.82 Å². The predicted molar refractivity (Wildman–Crippen MR) is 89.7 cm³/mol. The van der Waals surface area contributed by atoms with Crippen LogP contribution in [0.25, 0.3) is 16.6 Å². The maximum atomic E-state index is 4.76. The highest BCUT2D eigenvalue weighted by atomic mass is 15.1. The Morgan fingerprint density at radius 2 is 1.86 bits per heavy atom. The fraction of sp³-hybridized carbons (Fsp3) is 0.111. The summed E-state index contributed by atoms with van der Waals surface area (Å²) in [4.78, 5) is 9.04. The van der Waals surface area contributed by atoms with Crippen LogP contribution in [-0.4, -0.2) is 14.4 Å². The molecule has 0 amide bonds. The third-order valence-corrected chi connectivity index (χ3v) is 3.89. The summed E-state index contributed by atoms with van der Waals surface area (Å²) in [5, 5.41) is 3.45. The Bertz CT molecular complexity index is 985. The molecule has 0 bridgehead atoms. The molecule has 2 heterocycles. The molecule has 0 atom stereocenters. The average Bonchev–Trinajstić information content (AvgIpc) is 3.00. The van der Waals surface area contributed by atoms with E-state index in [0.717, 1.165) is 28.1 Å². The number of nitrogens with one attached hydrogen (secondary N) is 1. The van der Waals surface area contributed by atoms with Crippen molar-refractivity contribution in [2.45, 2.75) is 13.8 Å². The first kappa shape index (κ1) is 12.8. The summed E-state index contributed by atoms with van der Waals surface area (Å²) in [7, 11) is 0. The highest BCUT2D eigenvalue weighted by Crippen LogP contribution is 2.26. The second kappa shape index (κ2) is 4.84. The third-order valence-electron chi connectivity index (χ3n) is 3.89. The van der Waals surface area contributed by atoms with Gasteiger partial charge in [0.05, 0.1) is 23.6 Å². The standard InChI is InChI=1S/C18H16N4/c1-12-7-8-14(13(2)9-12)20-18-17-10-19-11-22(17)16-6-4-3-5-15(16)21-18/h3-11H,1-2H3,(H,20,21). The van der Waals surface area contributed by atoms with Gasteiger partial charge in [-0.3, -0.25) is 4.40 Å². The summed E-state index contributed by atoms with van der Waals surface area (Å²) in [5.41, 5.74) is 6.49. The van der Waals surface area contributed by atoms with Crippen molar-refractivity contribution < 1.29 is 0 Å². The maximum Gasteiger partial charge on any atom is 0.157 e. The number of imidazole rings is 1. The van der Waals surface area contributed by atoms with E-state index in [9.17, 15) is 0 Å². The molecule has 4 aromatic rings. The first-order valence-corrected chi connectivity index (χ1v) is 7.27. The van der Waals surface area contributed by atoms with Gasteiger partial charge >= 0.3 is 0 Å². The van der Waals surface area contributed by atoms with Crippen LogP contribution < -0.4 is 5.32 Å². The molecule has 1 N–H and O–H groups in total. The SMILES string of the molecule is Cc1ccc(Nc2nc3ccccc3n3cncc23)c(C)c1. The van der Waals surface area contributed by atoms with Crippen LogP contribution in [0.2, 0.25) is 0 Å². The normalized spacial score (nSPS) is 11.2. The van der Waals surface area contributed by atoms with Crippen molar-refractivity contribution in [1.29, 1.82) is 0 Å². The molecule has 22 heavy (non-hydrogen) atoms. The molecule has 0 aliphatic carbocycles. The maximum absolute atomic E-state index is 4.76. The van der Waals surface area contributed by atoms with Crippen molar-refractivity contribution in [3.05, 3.63) is 66.1 Å². The molecule has 4 heteroatoms. The van der Waals surface area contributed by atoms with E-state index in [1.807, 2.05) is 30.7 Å². The zero-order valence-electron chi connectivity index (χ0n) is 12.5. The Morgan fingerprint density at radius 3 is 2.73 bits per heavy atom. The van der Waals surface area contributed by atoms with E-state index < -0.39 is 0 Å². The lowest BCUT2D eigenvalue weighted by atomic mass is 10.1. The van der Waals surface area contributed by atoms with Gasteiger partial charge in [0.1, 0.15) is 5.52 Å². The Kier molecular flexibility index (Phi) is 2.82. The van der Waals surface area contributed by atoms with E-state index in [4.69, 9.17) is 4.98 Å². The first-order valence-electron chi connectivity index (χ1n) is 7.27. The van der Waals surface area contributed by atoms with Crippen molar-refractivity contribution in [3.8, 4) is 0 Å². The predicted octanol–water partition coefficient (Wildman–Crippen LogP) is 4.24. The number of fused-ring (bicyclic) bond motifs is 3. The Hall–Kier alpha value is -2.88. The Morgan fingerprint density at radius 1 is 1.00 bits per heavy atom. The van der Waals surface area contributed by atoms with Gasteiger partial charge in [0.2, 0.25) is 0 Å². The van der Waals surface area contributed by atoms with Gasteiger partial charge in [-0.2, -0.15) is 0 Å². The highest BCUT2D eigenvalue weighted by molar-refractivity contribution is 5.85. The Labute approximate surface area is 128 Å². The number of hydrogen-bond acceptors (Lipinski definition) is 3. The topological polar surface area (TPSA) is 42.2 Å². The van der Waals surface area contributed by atoms with Crippen molar-refractivity contribution in [1.82, 2.24) is 14.4 Å². The van der Waals surface area contributed by atoms with Gasteiger partial charge in [0.25, 0.3) is 0 Å². The molecule has 0 unspecified atom stereocenters. The number of para-hydroxylation sites is 2. The van der Waals surface area contributed by atoms with Crippen LogP contribution >= 0.6 is 0 Å². The summed E-state index contributed by atoms with van der Waals surface area (Å²) in [6.07, 6.45) is 3.66. The van der Waals surface area contributed by atoms with Gasteiger partial charge in [-0.15, -0.1) is 0 Å². The summed E-state index contributed by atoms with van der Waals surface area (Å²) in [6.45, 7) is 4.20. The van der Waals surface area contributed by atoms with Crippen LogP contribution in [0.15, 0.2) is 55.0 Å². The van der Waals surface area contributed by atoms with Crippen LogP contribution in [0, 0.1) is 13.8 Å². The molecule has 0 spiro atoms. The zero-order valence-corrected chi connectivity index (χ0v) is 12.5. The monoisotopic (exact) mass is 288 g/mol. The van der Waals surface area contributed by atoms with E-state index in [1.54, 1.807) is 0 Å². The van der Waals surface area contributed by atoms with Gasteiger partial charge in [-0.25, -0.2) is 9.97 Å². The number of anilines is 2. The van der Waals surface area contributed by atoms with Gasteiger partial charge in [-0.05, 0) is 37.6 Å². The van der Waals surface area contributed by atoms with Gasteiger partial charge < -0.3 is 5.32 Å². The summed E-state index contributed by atoms with van der Waals surface area (Å²) < 4.78 is 2.06. The first-order chi connectivity index (χ1) is 10.7. The molecule has 0 aliphatic rings. The van der Waals surface area contributed by atoms with Gasteiger partial charge in [0, 0.05) is 5.69 Å². The molecule has 0 saturated carbocycles. The van der Waals surface area contributed by atoms with Crippen molar-refractivity contribution in [3.63, 3.8) is 0 Å². The number of hydrogen-bond donors (Lipinski definition) is 1. The van der Waals surface area contributed by atoms with Crippen LogP contribution in [0.3, 0.4) is 0 Å². The number of benzene rings is 2. The minimum atomic E-state index is 0.822. The lowest BCUT2D eigenvalue weighted by Gasteiger charge is -2.12. The van der Waals surface area contributed by atoms with E-state index in [1.165, 1.54) is 11.1 Å². The zero-order chi connectivity index (χ0) is 15.1. The fourth-order valence-corrected chi connectivity index (χ4v) is 2.78. The van der Waals surface area contributed by atoms with Crippen molar-refractivity contribution in [2.75, 3.05) is 5.32 Å². The van der Waals surface area contributed by atoms with Gasteiger partial charge in [-0.1, -0.05) is 29.8 Å². The lowest BCUT2D eigenvalue weighted by molar-refractivity contribution is 1.19. The molecule has 0 fully saturated rings. The van der Waals surface area contributed by atoms with Crippen molar-refractivity contribution >= 4 is 28.1 Å². The van der Waals surface area contributed by atoms with E-state index >= 15 is 0 Å².